The number of pyridine rings is 1. The number of aromatic nitrogens is 1. The van der Waals surface area contributed by atoms with E-state index >= 15 is 0 Å². The lowest BCUT2D eigenvalue weighted by Crippen LogP contribution is -2.51. The first-order chi connectivity index (χ1) is 13.5. The number of Topliss-reactive ketones (excluding diaryl/α,β-unsaturated/α-hetero) is 1. The van der Waals surface area contributed by atoms with Crippen LogP contribution in [0.1, 0.15) is 34.5 Å². The number of carbonyl (C=O) groups excluding carboxylic acids is 2. The molecule has 6 heteroatoms. The molecule has 0 radical (unpaired) electrons. The standard InChI is InChI=1S/C22H21ClN2O3/c1-2-22(8-11-28-12-9-22)25-21(27)20-14-16(7-10-24-20)13-18(26)15-17-5-3-4-6-19(17)23/h1,3-7,10,14H,8-9,11-13,15H2,(H,25,27). The molecule has 144 valence electrons. The minimum absolute atomic E-state index is 0.00943. The van der Waals surface area contributed by atoms with Crippen molar-refractivity contribution in [3.05, 3.63) is 64.4 Å². The van der Waals surface area contributed by atoms with E-state index in [1.165, 1.54) is 6.20 Å². The Morgan fingerprint density at radius 3 is 2.68 bits per heavy atom. The summed E-state index contributed by atoms with van der Waals surface area (Å²) in [6.07, 6.45) is 8.74. The lowest BCUT2D eigenvalue weighted by atomic mass is 9.91. The average Bonchev–Trinajstić information content (AvgIpc) is 2.70. The maximum absolute atomic E-state index is 12.6. The highest BCUT2D eigenvalue weighted by atomic mass is 35.5. The number of rotatable bonds is 6. The molecule has 0 aliphatic carbocycles. The normalized spacial score (nSPS) is 15.4. The molecule has 28 heavy (non-hydrogen) atoms. The van der Waals surface area contributed by atoms with Crippen LogP contribution in [0.15, 0.2) is 42.6 Å². The summed E-state index contributed by atoms with van der Waals surface area (Å²) in [7, 11) is 0. The molecule has 0 saturated carbocycles. The van der Waals surface area contributed by atoms with Crippen molar-refractivity contribution in [2.45, 2.75) is 31.2 Å². The Bertz CT molecular complexity index is 914. The van der Waals surface area contributed by atoms with Crippen molar-refractivity contribution in [2.75, 3.05) is 13.2 Å². The molecule has 0 atom stereocenters. The Kier molecular flexibility index (Phi) is 6.45. The molecule has 1 N–H and O–H groups in total. The predicted octanol–water partition coefficient (Wildman–Crippen LogP) is 3.00. The van der Waals surface area contributed by atoms with Gasteiger partial charge in [0, 0.05) is 50.1 Å². The zero-order valence-electron chi connectivity index (χ0n) is 15.4. The quantitative estimate of drug-likeness (QED) is 0.762. The van der Waals surface area contributed by atoms with Crippen LogP contribution in [0.4, 0.5) is 0 Å². The summed E-state index contributed by atoms with van der Waals surface area (Å²) >= 11 is 6.12. The van der Waals surface area contributed by atoms with E-state index in [0.29, 0.717) is 31.1 Å². The van der Waals surface area contributed by atoms with Crippen LogP contribution in [0, 0.1) is 12.3 Å². The number of benzene rings is 1. The molecule has 1 aliphatic rings. The summed E-state index contributed by atoms with van der Waals surface area (Å²) in [5.74, 6) is 2.35. The van der Waals surface area contributed by atoms with Crippen LogP contribution in [-0.4, -0.2) is 35.4 Å². The molecule has 0 spiro atoms. The van der Waals surface area contributed by atoms with Gasteiger partial charge in [-0.1, -0.05) is 35.7 Å². The fourth-order valence-corrected chi connectivity index (χ4v) is 3.36. The van der Waals surface area contributed by atoms with E-state index in [9.17, 15) is 9.59 Å². The minimum atomic E-state index is -0.715. The van der Waals surface area contributed by atoms with Gasteiger partial charge >= 0.3 is 0 Å². The third-order valence-corrected chi connectivity index (χ3v) is 5.15. The minimum Gasteiger partial charge on any atom is -0.381 e. The molecule has 0 bridgehead atoms. The third kappa shape index (κ3) is 4.98. The molecule has 1 aromatic carbocycles. The number of hydrogen-bond donors (Lipinski definition) is 1. The summed E-state index contributed by atoms with van der Waals surface area (Å²) in [6, 6.07) is 10.6. The topological polar surface area (TPSA) is 68.3 Å². The van der Waals surface area contributed by atoms with Crippen molar-refractivity contribution >= 4 is 23.3 Å². The predicted molar refractivity (Wildman–Crippen MR) is 107 cm³/mol. The maximum atomic E-state index is 12.6. The number of amides is 1. The first kappa shape index (κ1) is 20.1. The lowest BCUT2D eigenvalue weighted by Gasteiger charge is -2.33. The van der Waals surface area contributed by atoms with Gasteiger partial charge in [0.15, 0.2) is 0 Å². The number of halogens is 1. The van der Waals surface area contributed by atoms with Crippen molar-refractivity contribution in [1.29, 1.82) is 0 Å². The van der Waals surface area contributed by atoms with Crippen molar-refractivity contribution in [1.82, 2.24) is 10.3 Å². The van der Waals surface area contributed by atoms with Crippen LogP contribution in [0.25, 0.3) is 0 Å². The fourth-order valence-electron chi connectivity index (χ4n) is 3.16. The van der Waals surface area contributed by atoms with E-state index in [2.05, 4.69) is 16.2 Å². The molecule has 3 rings (SSSR count). The lowest BCUT2D eigenvalue weighted by molar-refractivity contribution is -0.117. The summed E-state index contributed by atoms with van der Waals surface area (Å²) in [5.41, 5.74) is 1.03. The molecule has 0 unspecified atom stereocenters. The van der Waals surface area contributed by atoms with Crippen molar-refractivity contribution in [3.63, 3.8) is 0 Å². The molecule has 1 aliphatic heterocycles. The van der Waals surface area contributed by atoms with E-state index in [1.807, 2.05) is 18.2 Å². The first-order valence-electron chi connectivity index (χ1n) is 9.09. The second kappa shape index (κ2) is 9.01. The van der Waals surface area contributed by atoms with Crippen LogP contribution in [-0.2, 0) is 22.4 Å². The number of ether oxygens (including phenoxy) is 1. The average molecular weight is 397 g/mol. The Balaban J connectivity index is 1.66. The van der Waals surface area contributed by atoms with E-state index in [-0.39, 0.29) is 30.2 Å². The third-order valence-electron chi connectivity index (χ3n) is 4.78. The zero-order chi connectivity index (χ0) is 20.0. The van der Waals surface area contributed by atoms with Gasteiger partial charge in [-0.05, 0) is 29.3 Å². The highest BCUT2D eigenvalue weighted by Crippen LogP contribution is 2.20. The number of terminal acetylenes is 1. The van der Waals surface area contributed by atoms with Crippen LogP contribution in [0.5, 0.6) is 0 Å². The van der Waals surface area contributed by atoms with Crippen LogP contribution in [0.2, 0.25) is 5.02 Å². The highest BCUT2D eigenvalue weighted by Gasteiger charge is 2.32. The Morgan fingerprint density at radius 1 is 1.21 bits per heavy atom. The van der Waals surface area contributed by atoms with Gasteiger partial charge in [-0.3, -0.25) is 14.6 Å². The number of nitrogens with one attached hydrogen (secondary N) is 1. The van der Waals surface area contributed by atoms with Gasteiger partial charge in [0.05, 0.1) is 0 Å². The molecular weight excluding hydrogens is 376 g/mol. The molecule has 1 aromatic heterocycles. The largest absolute Gasteiger partial charge is 0.381 e. The van der Waals surface area contributed by atoms with Gasteiger partial charge in [0.1, 0.15) is 17.0 Å². The van der Waals surface area contributed by atoms with Gasteiger partial charge < -0.3 is 10.1 Å². The van der Waals surface area contributed by atoms with Crippen molar-refractivity contribution in [3.8, 4) is 12.3 Å². The molecule has 1 saturated heterocycles. The Morgan fingerprint density at radius 2 is 1.96 bits per heavy atom. The second-order valence-corrected chi connectivity index (χ2v) is 7.23. The van der Waals surface area contributed by atoms with Gasteiger partial charge in [-0.25, -0.2) is 0 Å². The van der Waals surface area contributed by atoms with Crippen molar-refractivity contribution < 1.29 is 14.3 Å². The second-order valence-electron chi connectivity index (χ2n) is 6.83. The van der Waals surface area contributed by atoms with Gasteiger partial charge in [-0.15, -0.1) is 6.42 Å². The smallest absolute Gasteiger partial charge is 0.271 e. The summed E-state index contributed by atoms with van der Waals surface area (Å²) < 4.78 is 5.32. The van der Waals surface area contributed by atoms with Crippen molar-refractivity contribution in [2.24, 2.45) is 0 Å². The van der Waals surface area contributed by atoms with Gasteiger partial charge in [0.25, 0.3) is 5.91 Å². The number of carbonyl (C=O) groups is 2. The first-order valence-corrected chi connectivity index (χ1v) is 9.47. The number of hydrogen-bond acceptors (Lipinski definition) is 4. The summed E-state index contributed by atoms with van der Waals surface area (Å²) in [6.45, 7) is 1.02. The molecular formula is C22H21ClN2O3. The van der Waals surface area contributed by atoms with E-state index in [1.54, 1.807) is 18.2 Å². The summed E-state index contributed by atoms with van der Waals surface area (Å²) in [4.78, 5) is 29.2. The van der Waals surface area contributed by atoms with Crippen LogP contribution >= 0.6 is 11.6 Å². The SMILES string of the molecule is C#CC1(NC(=O)c2cc(CC(=O)Cc3ccccc3Cl)ccn2)CCOCC1. The fraction of sp³-hybridized carbons (Fsp3) is 0.318. The van der Waals surface area contributed by atoms with Gasteiger partial charge in [-0.2, -0.15) is 0 Å². The van der Waals surface area contributed by atoms with E-state index < -0.39 is 5.54 Å². The molecule has 1 fully saturated rings. The number of ketones is 1. The van der Waals surface area contributed by atoms with E-state index in [4.69, 9.17) is 22.8 Å². The maximum Gasteiger partial charge on any atom is 0.271 e. The number of nitrogens with zero attached hydrogens (tertiary/aromatic N) is 1. The molecule has 2 heterocycles. The van der Waals surface area contributed by atoms with Crippen LogP contribution < -0.4 is 5.32 Å². The monoisotopic (exact) mass is 396 g/mol. The molecule has 2 aromatic rings. The zero-order valence-corrected chi connectivity index (χ0v) is 16.2. The van der Waals surface area contributed by atoms with Gasteiger partial charge in [0.2, 0.25) is 0 Å². The van der Waals surface area contributed by atoms with E-state index in [0.717, 1.165) is 11.1 Å². The Hall–Kier alpha value is -2.68. The molecule has 5 nitrogen and oxygen atoms in total. The summed E-state index contributed by atoms with van der Waals surface area (Å²) in [5, 5.41) is 3.48. The Labute approximate surface area is 169 Å². The van der Waals surface area contributed by atoms with Crippen LogP contribution in [0.3, 0.4) is 0 Å². The highest BCUT2D eigenvalue weighted by molar-refractivity contribution is 6.31. The molecule has 1 amide bonds.